The number of hydrogen-bond donors (Lipinski definition) is 0. The van der Waals surface area contributed by atoms with Gasteiger partial charge >= 0.3 is 51.4 Å². The Balaban J connectivity index is 0.000000980. The van der Waals surface area contributed by atoms with Crippen LogP contribution in [0.4, 0.5) is 0 Å². The number of halogens is 1. The molecule has 0 aliphatic carbocycles. The van der Waals surface area contributed by atoms with Crippen LogP contribution >= 0.6 is 15.9 Å². The number of hydrogen-bond acceptors (Lipinski definition) is 3. The SMILES string of the molecule is O=C([O-])C1OC1c1ccccc1Br.[K+]. The van der Waals surface area contributed by atoms with Crippen LogP contribution in [0.1, 0.15) is 11.7 Å². The second-order valence-electron chi connectivity index (χ2n) is 2.82. The van der Waals surface area contributed by atoms with Crippen molar-refractivity contribution < 1.29 is 66.0 Å². The summed E-state index contributed by atoms with van der Waals surface area (Å²) >= 11 is 3.32. The standard InChI is InChI=1S/C9H7BrO3.K/c10-6-4-2-1-3-5(6)7-8(13-7)9(11)12;/h1-4,7-8H,(H,11,12);/q;+1/p-1. The normalized spacial score (nSPS) is 23.8. The van der Waals surface area contributed by atoms with Gasteiger partial charge in [0, 0.05) is 4.47 Å². The molecule has 2 rings (SSSR count). The summed E-state index contributed by atoms with van der Waals surface area (Å²) in [6.45, 7) is 0. The van der Waals surface area contributed by atoms with E-state index in [0.29, 0.717) is 0 Å². The predicted octanol–water partition coefficient (Wildman–Crippen LogP) is -2.36. The van der Waals surface area contributed by atoms with E-state index in [0.717, 1.165) is 10.0 Å². The molecule has 1 fully saturated rings. The maximum Gasteiger partial charge on any atom is 1.00 e. The van der Waals surface area contributed by atoms with Crippen molar-refractivity contribution in [2.75, 3.05) is 0 Å². The van der Waals surface area contributed by atoms with E-state index in [1.54, 1.807) is 0 Å². The van der Waals surface area contributed by atoms with Gasteiger partial charge in [0.25, 0.3) is 0 Å². The van der Waals surface area contributed by atoms with Crippen LogP contribution in [0.2, 0.25) is 0 Å². The van der Waals surface area contributed by atoms with Crippen LogP contribution in [0.25, 0.3) is 0 Å². The van der Waals surface area contributed by atoms with Gasteiger partial charge < -0.3 is 14.6 Å². The first-order chi connectivity index (χ1) is 6.20. The molecule has 0 amide bonds. The minimum atomic E-state index is -1.15. The van der Waals surface area contributed by atoms with E-state index in [9.17, 15) is 9.90 Å². The summed E-state index contributed by atoms with van der Waals surface area (Å²) in [5.41, 5.74) is 0.858. The molecule has 5 heteroatoms. The minimum absolute atomic E-state index is 0. The van der Waals surface area contributed by atoms with Crippen LogP contribution in [0.5, 0.6) is 0 Å². The number of carbonyl (C=O) groups is 1. The van der Waals surface area contributed by atoms with E-state index in [-0.39, 0.29) is 57.5 Å². The third-order valence-corrected chi connectivity index (χ3v) is 2.66. The van der Waals surface area contributed by atoms with E-state index >= 15 is 0 Å². The summed E-state index contributed by atoms with van der Waals surface area (Å²) in [4.78, 5) is 10.4. The molecule has 1 aliphatic heterocycles. The number of aliphatic carboxylic acids is 1. The van der Waals surface area contributed by atoms with Crippen LogP contribution < -0.4 is 56.5 Å². The Morgan fingerprint density at radius 3 is 2.57 bits per heavy atom. The molecule has 0 radical (unpaired) electrons. The van der Waals surface area contributed by atoms with Crippen molar-refractivity contribution in [2.45, 2.75) is 12.2 Å². The second kappa shape index (κ2) is 5.20. The van der Waals surface area contributed by atoms with E-state index < -0.39 is 12.1 Å². The molecule has 1 aromatic rings. The largest absolute Gasteiger partial charge is 1.00 e. The third kappa shape index (κ3) is 2.66. The molecule has 0 bridgehead atoms. The summed E-state index contributed by atoms with van der Waals surface area (Å²) < 4.78 is 5.82. The monoisotopic (exact) mass is 280 g/mol. The van der Waals surface area contributed by atoms with Crippen molar-refractivity contribution in [3.05, 3.63) is 34.3 Å². The minimum Gasteiger partial charge on any atom is -0.547 e. The van der Waals surface area contributed by atoms with Crippen LogP contribution in [0, 0.1) is 0 Å². The Kier molecular flexibility index (Phi) is 4.77. The van der Waals surface area contributed by atoms with E-state index in [1.807, 2.05) is 24.3 Å². The molecule has 1 saturated heterocycles. The number of rotatable bonds is 2. The number of benzene rings is 1. The van der Waals surface area contributed by atoms with Gasteiger partial charge in [0.05, 0.1) is 5.97 Å². The fraction of sp³-hybridized carbons (Fsp3) is 0.222. The summed E-state index contributed by atoms with van der Waals surface area (Å²) in [7, 11) is 0. The van der Waals surface area contributed by atoms with Crippen molar-refractivity contribution >= 4 is 21.9 Å². The van der Waals surface area contributed by atoms with Gasteiger partial charge in [0.15, 0.2) is 0 Å². The first kappa shape index (κ1) is 12.8. The Bertz CT molecular complexity index is 356. The molecule has 0 saturated carbocycles. The predicted molar refractivity (Wildman–Crippen MR) is 46.8 cm³/mol. The Morgan fingerprint density at radius 2 is 2.07 bits per heavy atom. The molecule has 2 atom stereocenters. The van der Waals surface area contributed by atoms with Gasteiger partial charge in [-0.25, -0.2) is 0 Å². The number of ether oxygens (including phenoxy) is 1. The van der Waals surface area contributed by atoms with E-state index in [4.69, 9.17) is 4.74 Å². The van der Waals surface area contributed by atoms with Crippen LogP contribution in [-0.2, 0) is 9.53 Å². The molecule has 68 valence electrons. The smallest absolute Gasteiger partial charge is 0.547 e. The quantitative estimate of drug-likeness (QED) is 0.450. The summed E-state index contributed by atoms with van der Waals surface area (Å²) in [5, 5.41) is 10.4. The topological polar surface area (TPSA) is 52.7 Å². The Morgan fingerprint density at radius 1 is 1.43 bits per heavy atom. The first-order valence-electron chi connectivity index (χ1n) is 3.81. The number of carbonyl (C=O) groups excluding carboxylic acids is 1. The van der Waals surface area contributed by atoms with Gasteiger partial charge in [-0.2, -0.15) is 0 Å². The zero-order chi connectivity index (χ0) is 9.42. The maximum absolute atomic E-state index is 10.4. The molecular formula is C9H6BrKO3. The zero-order valence-corrected chi connectivity index (χ0v) is 12.3. The van der Waals surface area contributed by atoms with E-state index in [1.165, 1.54) is 0 Å². The number of carboxylic acid groups (broad SMARTS) is 1. The Hall–Kier alpha value is 0.766. The summed E-state index contributed by atoms with van der Waals surface area (Å²) in [6.07, 6.45) is -1.13. The summed E-state index contributed by atoms with van der Waals surface area (Å²) in [5.74, 6) is -1.15. The average molecular weight is 281 g/mol. The molecule has 1 heterocycles. The van der Waals surface area contributed by atoms with Crippen molar-refractivity contribution in [3.8, 4) is 0 Å². The molecule has 0 N–H and O–H groups in total. The van der Waals surface area contributed by atoms with Gasteiger partial charge in [-0.15, -0.1) is 0 Å². The van der Waals surface area contributed by atoms with Crippen molar-refractivity contribution in [2.24, 2.45) is 0 Å². The molecule has 2 unspecified atom stereocenters. The van der Waals surface area contributed by atoms with Gasteiger partial charge in [0.2, 0.25) is 0 Å². The number of epoxide rings is 1. The maximum atomic E-state index is 10.4. The van der Waals surface area contributed by atoms with Crippen molar-refractivity contribution in [3.63, 3.8) is 0 Å². The van der Waals surface area contributed by atoms with E-state index in [2.05, 4.69) is 15.9 Å². The third-order valence-electron chi connectivity index (χ3n) is 1.94. The zero-order valence-electron chi connectivity index (χ0n) is 7.57. The summed E-state index contributed by atoms with van der Waals surface area (Å²) in [6, 6.07) is 7.39. The van der Waals surface area contributed by atoms with Crippen molar-refractivity contribution in [1.82, 2.24) is 0 Å². The fourth-order valence-electron chi connectivity index (χ4n) is 1.23. The Labute approximate surface area is 132 Å². The first-order valence-corrected chi connectivity index (χ1v) is 4.60. The molecule has 0 aromatic heterocycles. The van der Waals surface area contributed by atoms with Gasteiger partial charge in [0.1, 0.15) is 12.2 Å². The second-order valence-corrected chi connectivity index (χ2v) is 3.67. The molecular weight excluding hydrogens is 275 g/mol. The van der Waals surface area contributed by atoms with Gasteiger partial charge in [-0.3, -0.25) is 0 Å². The average Bonchev–Trinajstić information content (AvgIpc) is 2.84. The van der Waals surface area contributed by atoms with Gasteiger partial charge in [-0.05, 0) is 11.6 Å². The van der Waals surface area contributed by atoms with Crippen molar-refractivity contribution in [1.29, 1.82) is 0 Å². The van der Waals surface area contributed by atoms with Gasteiger partial charge in [-0.1, -0.05) is 34.1 Å². The molecule has 3 nitrogen and oxygen atoms in total. The molecule has 0 spiro atoms. The van der Waals surface area contributed by atoms with Crippen LogP contribution in [0.15, 0.2) is 28.7 Å². The molecule has 1 aliphatic rings. The molecule has 1 aromatic carbocycles. The number of carboxylic acids is 1. The van der Waals surface area contributed by atoms with Crippen LogP contribution in [-0.4, -0.2) is 12.1 Å². The van der Waals surface area contributed by atoms with Crippen LogP contribution in [0.3, 0.4) is 0 Å². The fourth-order valence-corrected chi connectivity index (χ4v) is 1.74. The molecule has 14 heavy (non-hydrogen) atoms.